The summed E-state index contributed by atoms with van der Waals surface area (Å²) in [6.45, 7) is 3.96. The van der Waals surface area contributed by atoms with Crippen LogP contribution in [-0.2, 0) is 10.3 Å². The van der Waals surface area contributed by atoms with Gasteiger partial charge in [0.25, 0.3) is 0 Å². The van der Waals surface area contributed by atoms with E-state index < -0.39 is 5.60 Å². The van der Waals surface area contributed by atoms with Gasteiger partial charge < -0.3 is 14.6 Å². The maximum Gasteiger partial charge on any atom is 0.153 e. The number of carbonyl (C=O) groups excluding carboxylic acids is 1. The molecule has 0 unspecified atom stereocenters. The Morgan fingerprint density at radius 1 is 1.28 bits per heavy atom. The Hall–Kier alpha value is -1.55. The Balaban J connectivity index is 3.50. The van der Waals surface area contributed by atoms with Crippen LogP contribution in [0.2, 0.25) is 0 Å². The third kappa shape index (κ3) is 2.34. The smallest absolute Gasteiger partial charge is 0.153 e. The molecule has 0 amide bonds. The number of benzene rings is 1. The van der Waals surface area contributed by atoms with Crippen molar-refractivity contribution in [2.24, 2.45) is 0 Å². The molecule has 1 aromatic rings. The fourth-order valence-electron chi connectivity index (χ4n) is 2.21. The zero-order valence-electron chi connectivity index (χ0n) is 11.3. The summed E-state index contributed by atoms with van der Waals surface area (Å²) < 4.78 is 10.7. The first-order chi connectivity index (χ1) is 8.58. The second-order valence-electron chi connectivity index (χ2n) is 4.14. The van der Waals surface area contributed by atoms with Crippen molar-refractivity contribution in [1.82, 2.24) is 0 Å². The lowest BCUT2D eigenvalue weighted by Gasteiger charge is -2.32. The maximum absolute atomic E-state index is 11.0. The molecular formula is C14H20O4. The second-order valence-corrected chi connectivity index (χ2v) is 4.14. The van der Waals surface area contributed by atoms with Crippen LogP contribution >= 0.6 is 0 Å². The van der Waals surface area contributed by atoms with Crippen molar-refractivity contribution < 1.29 is 19.4 Å². The maximum atomic E-state index is 11.0. The summed E-state index contributed by atoms with van der Waals surface area (Å²) >= 11 is 0. The standard InChI is InChI=1S/C14H20O4/c1-5-14(6-2,18-4)12-8-11(17-3)7-10(9-15)13(12)16/h7-9,16H,5-6H2,1-4H3. The lowest BCUT2D eigenvalue weighted by molar-refractivity contribution is -0.0235. The molecule has 4 heteroatoms. The Morgan fingerprint density at radius 3 is 2.28 bits per heavy atom. The summed E-state index contributed by atoms with van der Waals surface area (Å²) in [5.41, 5.74) is 0.209. The molecule has 0 aliphatic rings. The Kier molecular flexibility index (Phi) is 4.73. The van der Waals surface area contributed by atoms with E-state index in [-0.39, 0.29) is 11.3 Å². The topological polar surface area (TPSA) is 55.8 Å². The number of rotatable bonds is 6. The van der Waals surface area contributed by atoms with Gasteiger partial charge in [-0.05, 0) is 25.0 Å². The SMILES string of the molecule is CCC(CC)(OC)c1cc(OC)cc(C=O)c1O. The first kappa shape index (κ1) is 14.5. The van der Waals surface area contributed by atoms with E-state index in [0.717, 1.165) is 0 Å². The van der Waals surface area contributed by atoms with Crippen molar-refractivity contribution in [1.29, 1.82) is 0 Å². The second kappa shape index (κ2) is 5.87. The number of aldehydes is 1. The number of methoxy groups -OCH3 is 2. The van der Waals surface area contributed by atoms with Crippen molar-refractivity contribution >= 4 is 6.29 Å². The average Bonchev–Trinajstić information content (AvgIpc) is 2.42. The van der Waals surface area contributed by atoms with E-state index >= 15 is 0 Å². The fraction of sp³-hybridized carbons (Fsp3) is 0.500. The van der Waals surface area contributed by atoms with Gasteiger partial charge in [0.05, 0.1) is 18.3 Å². The van der Waals surface area contributed by atoms with Gasteiger partial charge in [-0.25, -0.2) is 0 Å². The highest BCUT2D eigenvalue weighted by Crippen LogP contribution is 2.41. The molecule has 100 valence electrons. The molecule has 0 heterocycles. The van der Waals surface area contributed by atoms with E-state index in [0.29, 0.717) is 30.4 Å². The summed E-state index contributed by atoms with van der Waals surface area (Å²) in [5.74, 6) is 0.504. The van der Waals surface area contributed by atoms with Crippen LogP contribution in [0.1, 0.15) is 42.6 Å². The molecule has 0 aliphatic carbocycles. The zero-order valence-corrected chi connectivity index (χ0v) is 11.3. The van der Waals surface area contributed by atoms with Gasteiger partial charge in [0.15, 0.2) is 6.29 Å². The summed E-state index contributed by atoms with van der Waals surface area (Å²) in [7, 11) is 3.13. The van der Waals surface area contributed by atoms with Gasteiger partial charge >= 0.3 is 0 Å². The molecule has 1 rings (SSSR count). The minimum atomic E-state index is -0.601. The molecule has 0 aliphatic heterocycles. The van der Waals surface area contributed by atoms with Crippen molar-refractivity contribution in [3.05, 3.63) is 23.3 Å². The zero-order chi connectivity index (χ0) is 13.8. The monoisotopic (exact) mass is 252 g/mol. The molecule has 0 fully saturated rings. The molecule has 0 saturated carbocycles. The van der Waals surface area contributed by atoms with E-state index in [2.05, 4.69) is 0 Å². The van der Waals surface area contributed by atoms with Gasteiger partial charge in [-0.3, -0.25) is 4.79 Å². The molecule has 1 N–H and O–H groups in total. The van der Waals surface area contributed by atoms with Gasteiger partial charge in [-0.2, -0.15) is 0 Å². The predicted octanol–water partition coefficient (Wildman–Crippen LogP) is 2.88. The molecule has 0 radical (unpaired) electrons. The molecular weight excluding hydrogens is 232 g/mol. The van der Waals surface area contributed by atoms with Gasteiger partial charge in [-0.1, -0.05) is 13.8 Å². The van der Waals surface area contributed by atoms with Crippen LogP contribution < -0.4 is 4.74 Å². The van der Waals surface area contributed by atoms with Crippen LogP contribution in [0.25, 0.3) is 0 Å². The van der Waals surface area contributed by atoms with Crippen LogP contribution in [0.5, 0.6) is 11.5 Å². The number of ether oxygens (including phenoxy) is 2. The molecule has 4 nitrogen and oxygen atoms in total. The largest absolute Gasteiger partial charge is 0.507 e. The lowest BCUT2D eigenvalue weighted by Crippen LogP contribution is -2.27. The molecule has 0 atom stereocenters. The van der Waals surface area contributed by atoms with Gasteiger partial charge in [0.2, 0.25) is 0 Å². The van der Waals surface area contributed by atoms with Crippen LogP contribution in [-0.4, -0.2) is 25.6 Å². The third-order valence-corrected chi connectivity index (χ3v) is 3.50. The molecule has 1 aromatic carbocycles. The molecule has 18 heavy (non-hydrogen) atoms. The van der Waals surface area contributed by atoms with Crippen LogP contribution in [0.3, 0.4) is 0 Å². The van der Waals surface area contributed by atoms with Gasteiger partial charge in [0, 0.05) is 12.7 Å². The summed E-state index contributed by atoms with van der Waals surface area (Å²) in [4.78, 5) is 11.0. The summed E-state index contributed by atoms with van der Waals surface area (Å²) in [6.07, 6.45) is 2.01. The number of hydrogen-bond donors (Lipinski definition) is 1. The van der Waals surface area contributed by atoms with Gasteiger partial charge in [-0.15, -0.1) is 0 Å². The molecule has 0 spiro atoms. The minimum Gasteiger partial charge on any atom is -0.507 e. The van der Waals surface area contributed by atoms with Crippen molar-refractivity contribution in [3.63, 3.8) is 0 Å². The average molecular weight is 252 g/mol. The number of phenolic OH excluding ortho intramolecular Hbond substituents is 1. The first-order valence-electron chi connectivity index (χ1n) is 6.00. The number of phenols is 1. The van der Waals surface area contributed by atoms with E-state index in [4.69, 9.17) is 9.47 Å². The highest BCUT2D eigenvalue weighted by Gasteiger charge is 2.32. The van der Waals surface area contributed by atoms with Crippen LogP contribution in [0.4, 0.5) is 0 Å². The van der Waals surface area contributed by atoms with E-state index in [1.165, 1.54) is 13.2 Å². The van der Waals surface area contributed by atoms with E-state index in [1.54, 1.807) is 13.2 Å². The molecule has 0 saturated heterocycles. The third-order valence-electron chi connectivity index (χ3n) is 3.50. The van der Waals surface area contributed by atoms with Crippen molar-refractivity contribution in [2.45, 2.75) is 32.3 Å². The quantitative estimate of drug-likeness (QED) is 0.791. The Morgan fingerprint density at radius 2 is 1.89 bits per heavy atom. The summed E-state index contributed by atoms with van der Waals surface area (Å²) in [5, 5.41) is 10.2. The van der Waals surface area contributed by atoms with Crippen molar-refractivity contribution in [3.8, 4) is 11.5 Å². The van der Waals surface area contributed by atoms with Crippen LogP contribution in [0.15, 0.2) is 12.1 Å². The number of carbonyl (C=O) groups is 1. The number of aromatic hydroxyl groups is 1. The Labute approximate surface area is 108 Å². The van der Waals surface area contributed by atoms with Gasteiger partial charge in [0.1, 0.15) is 11.5 Å². The minimum absolute atomic E-state index is 0.0312. The Bertz CT molecular complexity index is 414. The first-order valence-corrected chi connectivity index (χ1v) is 6.00. The van der Waals surface area contributed by atoms with E-state index in [1.807, 2.05) is 13.8 Å². The van der Waals surface area contributed by atoms with Crippen LogP contribution in [0, 0.1) is 0 Å². The highest BCUT2D eigenvalue weighted by molar-refractivity contribution is 5.81. The molecule has 0 aromatic heterocycles. The fourth-order valence-corrected chi connectivity index (χ4v) is 2.21. The normalized spacial score (nSPS) is 11.3. The van der Waals surface area contributed by atoms with Crippen molar-refractivity contribution in [2.75, 3.05) is 14.2 Å². The lowest BCUT2D eigenvalue weighted by atomic mass is 9.86. The summed E-state index contributed by atoms with van der Waals surface area (Å²) in [6, 6.07) is 3.23. The highest BCUT2D eigenvalue weighted by atomic mass is 16.5. The van der Waals surface area contributed by atoms with E-state index in [9.17, 15) is 9.90 Å². The predicted molar refractivity (Wildman–Crippen MR) is 69.3 cm³/mol. The number of hydrogen-bond acceptors (Lipinski definition) is 4. The molecule has 0 bridgehead atoms.